The van der Waals surface area contributed by atoms with Crippen LogP contribution in [0.25, 0.3) is 0 Å². The van der Waals surface area contributed by atoms with Gasteiger partial charge in [-0.25, -0.2) is 4.98 Å². The quantitative estimate of drug-likeness (QED) is 0.727. The summed E-state index contributed by atoms with van der Waals surface area (Å²) in [7, 11) is 1.99. The molecule has 4 nitrogen and oxygen atoms in total. The zero-order chi connectivity index (χ0) is 10.0. The van der Waals surface area contributed by atoms with E-state index >= 15 is 0 Å². The molecule has 3 N–H and O–H groups in total. The van der Waals surface area contributed by atoms with E-state index < -0.39 is 0 Å². The Bertz CT molecular complexity index is 258. The molecule has 0 aliphatic carbocycles. The van der Waals surface area contributed by atoms with Crippen LogP contribution in [0.3, 0.4) is 0 Å². The van der Waals surface area contributed by atoms with Crippen LogP contribution in [0, 0.1) is 13.8 Å². The molecule has 0 saturated heterocycles. The number of nitrogens with two attached hydrogens (primary N) is 1. The minimum absolute atomic E-state index is 0.163. The number of aryl methyl sites for hydroxylation is 2. The van der Waals surface area contributed by atoms with Crippen molar-refractivity contribution >= 4 is 5.95 Å². The second-order valence-electron chi connectivity index (χ2n) is 3.63. The van der Waals surface area contributed by atoms with Crippen molar-refractivity contribution in [1.29, 1.82) is 0 Å². The number of imidazole rings is 1. The van der Waals surface area contributed by atoms with E-state index in [1.54, 1.807) is 0 Å². The average Bonchev–Trinajstić information content (AvgIpc) is 2.31. The molecule has 0 spiro atoms. The third-order valence-electron chi connectivity index (χ3n) is 2.04. The lowest BCUT2D eigenvalue weighted by Gasteiger charge is -2.17. The van der Waals surface area contributed by atoms with Crippen LogP contribution in [0.4, 0.5) is 5.95 Å². The van der Waals surface area contributed by atoms with Crippen LogP contribution in [0.2, 0.25) is 0 Å². The van der Waals surface area contributed by atoms with Gasteiger partial charge in [-0.2, -0.15) is 0 Å². The number of anilines is 1. The molecular formula is C9H18N4. The van der Waals surface area contributed by atoms with Gasteiger partial charge in [0.05, 0.1) is 5.69 Å². The van der Waals surface area contributed by atoms with E-state index in [0.717, 1.165) is 23.9 Å². The van der Waals surface area contributed by atoms with E-state index in [1.807, 2.05) is 32.7 Å². The molecule has 0 amide bonds. The summed E-state index contributed by atoms with van der Waals surface area (Å²) >= 11 is 0. The van der Waals surface area contributed by atoms with Crippen molar-refractivity contribution < 1.29 is 0 Å². The molecule has 1 aromatic heterocycles. The van der Waals surface area contributed by atoms with E-state index in [1.165, 1.54) is 0 Å². The predicted molar refractivity (Wildman–Crippen MR) is 55.0 cm³/mol. The first kappa shape index (κ1) is 10.1. The number of hydrogen-bond acceptors (Lipinski definition) is 3. The van der Waals surface area contributed by atoms with Crippen molar-refractivity contribution in [2.45, 2.75) is 26.8 Å². The highest BCUT2D eigenvalue weighted by Crippen LogP contribution is 2.10. The van der Waals surface area contributed by atoms with Crippen LogP contribution >= 0.6 is 0 Å². The fourth-order valence-corrected chi connectivity index (χ4v) is 1.23. The monoisotopic (exact) mass is 182 g/mol. The summed E-state index contributed by atoms with van der Waals surface area (Å²) in [5, 5.41) is 0. The number of rotatable bonds is 3. The Hall–Kier alpha value is -1.03. The highest BCUT2D eigenvalue weighted by atomic mass is 15.2. The molecule has 1 rings (SSSR count). The first-order chi connectivity index (χ1) is 6.00. The van der Waals surface area contributed by atoms with Gasteiger partial charge >= 0.3 is 0 Å². The van der Waals surface area contributed by atoms with E-state index in [-0.39, 0.29) is 6.04 Å². The summed E-state index contributed by atoms with van der Waals surface area (Å²) in [6, 6.07) is 0.163. The molecule has 13 heavy (non-hydrogen) atoms. The van der Waals surface area contributed by atoms with Gasteiger partial charge in [-0.1, -0.05) is 0 Å². The number of H-pyrrole nitrogens is 1. The molecule has 1 atom stereocenters. The first-order valence-electron chi connectivity index (χ1n) is 4.50. The number of hydrogen-bond donors (Lipinski definition) is 2. The SMILES string of the molecule is Cc1nc(N(C)CC(C)N)[nH]c1C. The van der Waals surface area contributed by atoms with Gasteiger partial charge < -0.3 is 15.6 Å². The number of nitrogens with zero attached hydrogens (tertiary/aromatic N) is 2. The highest BCUT2D eigenvalue weighted by molar-refractivity contribution is 5.33. The Morgan fingerprint density at radius 1 is 1.54 bits per heavy atom. The van der Waals surface area contributed by atoms with Crippen LogP contribution < -0.4 is 10.6 Å². The van der Waals surface area contributed by atoms with Gasteiger partial charge in [-0.3, -0.25) is 0 Å². The molecule has 1 aromatic rings. The minimum Gasteiger partial charge on any atom is -0.344 e. The van der Waals surface area contributed by atoms with E-state index in [2.05, 4.69) is 9.97 Å². The van der Waals surface area contributed by atoms with Crippen molar-refractivity contribution in [3.05, 3.63) is 11.4 Å². The van der Waals surface area contributed by atoms with Crippen molar-refractivity contribution in [2.24, 2.45) is 5.73 Å². The molecule has 0 radical (unpaired) electrons. The maximum absolute atomic E-state index is 5.69. The van der Waals surface area contributed by atoms with Gasteiger partial charge in [0.15, 0.2) is 0 Å². The van der Waals surface area contributed by atoms with Crippen LogP contribution in [-0.2, 0) is 0 Å². The summed E-state index contributed by atoms with van der Waals surface area (Å²) in [4.78, 5) is 9.62. The first-order valence-corrected chi connectivity index (χ1v) is 4.50. The minimum atomic E-state index is 0.163. The summed E-state index contributed by atoms with van der Waals surface area (Å²) in [6.07, 6.45) is 0. The largest absolute Gasteiger partial charge is 0.344 e. The van der Waals surface area contributed by atoms with Crippen LogP contribution in [0.1, 0.15) is 18.3 Å². The molecule has 0 aliphatic rings. The molecule has 0 saturated carbocycles. The molecule has 0 bridgehead atoms. The van der Waals surface area contributed by atoms with Crippen LogP contribution in [0.15, 0.2) is 0 Å². The molecule has 1 heterocycles. The summed E-state index contributed by atoms with van der Waals surface area (Å²) in [6.45, 7) is 6.81. The van der Waals surface area contributed by atoms with Crippen molar-refractivity contribution in [1.82, 2.24) is 9.97 Å². The molecule has 74 valence electrons. The van der Waals surface area contributed by atoms with Gasteiger partial charge in [0, 0.05) is 25.3 Å². The number of likely N-dealkylation sites (N-methyl/N-ethyl adjacent to an activating group) is 1. The second-order valence-corrected chi connectivity index (χ2v) is 3.63. The normalized spacial score (nSPS) is 13.0. The van der Waals surface area contributed by atoms with Gasteiger partial charge in [0.1, 0.15) is 0 Å². The second kappa shape index (κ2) is 3.79. The summed E-state index contributed by atoms with van der Waals surface area (Å²) in [5.41, 5.74) is 7.86. The molecule has 1 unspecified atom stereocenters. The van der Waals surface area contributed by atoms with Crippen molar-refractivity contribution in [3.8, 4) is 0 Å². The maximum Gasteiger partial charge on any atom is 0.203 e. The smallest absolute Gasteiger partial charge is 0.203 e. The lowest BCUT2D eigenvalue weighted by Crippen LogP contribution is -2.33. The Morgan fingerprint density at radius 2 is 2.15 bits per heavy atom. The fourth-order valence-electron chi connectivity index (χ4n) is 1.23. The summed E-state index contributed by atoms with van der Waals surface area (Å²) in [5.74, 6) is 0.896. The highest BCUT2D eigenvalue weighted by Gasteiger charge is 2.08. The summed E-state index contributed by atoms with van der Waals surface area (Å²) < 4.78 is 0. The van der Waals surface area contributed by atoms with Crippen LogP contribution in [-0.4, -0.2) is 29.6 Å². The Morgan fingerprint density at radius 3 is 2.54 bits per heavy atom. The van der Waals surface area contributed by atoms with Crippen molar-refractivity contribution in [3.63, 3.8) is 0 Å². The number of nitrogens with one attached hydrogen (secondary N) is 1. The van der Waals surface area contributed by atoms with Gasteiger partial charge in [-0.05, 0) is 20.8 Å². The lowest BCUT2D eigenvalue weighted by molar-refractivity contribution is 0.707. The van der Waals surface area contributed by atoms with Gasteiger partial charge in [0.2, 0.25) is 5.95 Å². The van der Waals surface area contributed by atoms with E-state index in [9.17, 15) is 0 Å². The number of aromatic nitrogens is 2. The zero-order valence-corrected chi connectivity index (χ0v) is 8.76. The third kappa shape index (κ3) is 2.45. The lowest BCUT2D eigenvalue weighted by atomic mass is 10.3. The molecule has 0 aromatic carbocycles. The zero-order valence-electron chi connectivity index (χ0n) is 8.76. The topological polar surface area (TPSA) is 57.9 Å². The standard InChI is InChI=1S/C9H18N4/c1-6(10)5-13(4)9-11-7(2)8(3)12-9/h6H,5,10H2,1-4H3,(H,11,12). The predicted octanol–water partition coefficient (Wildman–Crippen LogP) is 0.810. The molecule has 0 aliphatic heterocycles. The molecule has 0 fully saturated rings. The van der Waals surface area contributed by atoms with Gasteiger partial charge in [0.25, 0.3) is 0 Å². The average molecular weight is 182 g/mol. The number of aromatic amines is 1. The third-order valence-corrected chi connectivity index (χ3v) is 2.04. The Labute approximate surface area is 79.1 Å². The molecular weight excluding hydrogens is 164 g/mol. The maximum atomic E-state index is 5.69. The van der Waals surface area contributed by atoms with E-state index in [4.69, 9.17) is 5.73 Å². The Kier molecular flexibility index (Phi) is 2.93. The van der Waals surface area contributed by atoms with Gasteiger partial charge in [-0.15, -0.1) is 0 Å². The van der Waals surface area contributed by atoms with E-state index in [0.29, 0.717) is 0 Å². The van der Waals surface area contributed by atoms with Crippen molar-refractivity contribution in [2.75, 3.05) is 18.5 Å². The Balaban J connectivity index is 2.71. The van der Waals surface area contributed by atoms with Crippen LogP contribution in [0.5, 0.6) is 0 Å². The fraction of sp³-hybridized carbons (Fsp3) is 0.667. The molecule has 4 heteroatoms.